The van der Waals surface area contributed by atoms with Crippen LogP contribution in [-0.4, -0.2) is 27.5 Å². The van der Waals surface area contributed by atoms with Crippen LogP contribution in [0, 0.1) is 5.92 Å². The lowest BCUT2D eigenvalue weighted by Gasteiger charge is -2.18. The van der Waals surface area contributed by atoms with Gasteiger partial charge in [0, 0.05) is 34.5 Å². The topological polar surface area (TPSA) is 84.0 Å². The molecule has 0 aliphatic heterocycles. The van der Waals surface area contributed by atoms with Gasteiger partial charge in [0.15, 0.2) is 0 Å². The van der Waals surface area contributed by atoms with E-state index >= 15 is 0 Å². The second-order valence-corrected chi connectivity index (χ2v) is 10.8. The van der Waals surface area contributed by atoms with Crippen molar-refractivity contribution in [2.75, 3.05) is 16.4 Å². The Hall–Kier alpha value is -2.45. The molecule has 8 heteroatoms. The number of nitrogens with zero attached hydrogens (tertiary/aromatic N) is 2. The van der Waals surface area contributed by atoms with Gasteiger partial charge in [-0.1, -0.05) is 24.8 Å². The fourth-order valence-corrected chi connectivity index (χ4v) is 6.48. The number of amides is 2. The molecule has 1 fully saturated rings. The molecule has 0 saturated heterocycles. The van der Waals surface area contributed by atoms with Crippen molar-refractivity contribution in [2.24, 2.45) is 5.92 Å². The number of nitrogens with one attached hydrogen (secondary N) is 2. The summed E-state index contributed by atoms with van der Waals surface area (Å²) in [6, 6.07) is 7.18. The van der Waals surface area contributed by atoms with Gasteiger partial charge in [-0.25, -0.2) is 9.97 Å². The summed E-state index contributed by atoms with van der Waals surface area (Å²) in [6.07, 6.45) is 5.69. The summed E-state index contributed by atoms with van der Waals surface area (Å²) in [5.41, 5.74) is 2.72. The molecule has 1 aromatic carbocycles. The Morgan fingerprint density at radius 3 is 2.69 bits per heavy atom. The number of rotatable bonds is 6. The molecule has 3 aromatic rings. The molecule has 0 bridgehead atoms. The number of hydrogen-bond donors (Lipinski definition) is 2. The predicted molar refractivity (Wildman–Crippen MR) is 131 cm³/mol. The van der Waals surface area contributed by atoms with Gasteiger partial charge in [-0.3, -0.25) is 9.59 Å². The molecule has 6 nitrogen and oxygen atoms in total. The second kappa shape index (κ2) is 8.83. The van der Waals surface area contributed by atoms with Crippen LogP contribution < -0.4 is 10.6 Å². The molecule has 0 spiro atoms. The molecule has 32 heavy (non-hydrogen) atoms. The zero-order chi connectivity index (χ0) is 22.2. The number of benzene rings is 1. The summed E-state index contributed by atoms with van der Waals surface area (Å²) in [5.74, 6) is 2.17. The maximum Gasteiger partial charge on any atom is 0.234 e. The highest BCUT2D eigenvalue weighted by Crippen LogP contribution is 2.44. The minimum atomic E-state index is -0.142. The van der Waals surface area contributed by atoms with Crippen LogP contribution in [0.2, 0.25) is 0 Å². The van der Waals surface area contributed by atoms with E-state index in [0.29, 0.717) is 23.2 Å². The normalized spacial score (nSPS) is 17.8. The first kappa shape index (κ1) is 21.4. The zero-order valence-corrected chi connectivity index (χ0v) is 19.9. The van der Waals surface area contributed by atoms with Crippen LogP contribution in [0.15, 0.2) is 29.3 Å². The number of thiophene rings is 1. The highest BCUT2D eigenvalue weighted by Gasteiger charge is 2.30. The SMILES string of the molecule is CC(=O)Nc1cccc(NC(=O)CSc2nc(C3CC3)nc3sc4c(c23)CC[C@@H](C)C4)c1. The molecule has 0 radical (unpaired) electrons. The van der Waals surface area contributed by atoms with Crippen molar-refractivity contribution in [2.45, 2.75) is 56.9 Å². The lowest BCUT2D eigenvalue weighted by Crippen LogP contribution is -2.15. The van der Waals surface area contributed by atoms with Gasteiger partial charge in [0.1, 0.15) is 15.7 Å². The maximum absolute atomic E-state index is 12.7. The van der Waals surface area contributed by atoms with Gasteiger partial charge in [-0.15, -0.1) is 11.3 Å². The molecule has 1 atom stereocenters. The number of aryl methyl sites for hydroxylation is 1. The Balaban J connectivity index is 1.35. The Kier molecular flexibility index (Phi) is 5.90. The Morgan fingerprint density at radius 2 is 1.94 bits per heavy atom. The Bertz CT molecular complexity index is 1200. The summed E-state index contributed by atoms with van der Waals surface area (Å²) < 4.78 is 0. The van der Waals surface area contributed by atoms with Crippen molar-refractivity contribution in [1.29, 1.82) is 0 Å². The fourth-order valence-electron chi connectivity index (χ4n) is 4.16. The van der Waals surface area contributed by atoms with Crippen LogP contribution in [0.4, 0.5) is 11.4 Å². The van der Waals surface area contributed by atoms with E-state index in [-0.39, 0.29) is 17.6 Å². The number of carbonyl (C=O) groups excluding carboxylic acids is 2. The van der Waals surface area contributed by atoms with Gasteiger partial charge < -0.3 is 10.6 Å². The van der Waals surface area contributed by atoms with Crippen molar-refractivity contribution < 1.29 is 9.59 Å². The first-order chi connectivity index (χ1) is 15.5. The monoisotopic (exact) mass is 466 g/mol. The molecule has 2 aromatic heterocycles. The molecule has 2 aliphatic rings. The standard InChI is InChI=1S/C24H26N4O2S2/c1-13-6-9-18-19(10-13)32-24-21(18)23(27-22(28-24)15-7-8-15)31-12-20(30)26-17-5-3-4-16(11-17)25-14(2)29/h3-5,11,13,15H,6-10,12H2,1-2H3,(H,25,29)(H,26,30)/t13-/m1/s1. The largest absolute Gasteiger partial charge is 0.326 e. The van der Waals surface area contributed by atoms with E-state index in [1.165, 1.54) is 40.9 Å². The van der Waals surface area contributed by atoms with Gasteiger partial charge >= 0.3 is 0 Å². The molecule has 2 aliphatic carbocycles. The fraction of sp³-hybridized carbons (Fsp3) is 0.417. The third-order valence-corrected chi connectivity index (χ3v) is 8.01. The summed E-state index contributed by atoms with van der Waals surface area (Å²) in [7, 11) is 0. The zero-order valence-electron chi connectivity index (χ0n) is 18.2. The predicted octanol–water partition coefficient (Wildman–Crippen LogP) is 5.38. The average Bonchev–Trinajstić information content (AvgIpc) is 3.52. The van der Waals surface area contributed by atoms with Crippen molar-refractivity contribution in [1.82, 2.24) is 9.97 Å². The number of anilines is 2. The molecule has 0 unspecified atom stereocenters. The molecule has 1 saturated carbocycles. The summed E-state index contributed by atoms with van der Waals surface area (Å²) >= 11 is 3.32. The lowest BCUT2D eigenvalue weighted by atomic mass is 9.89. The molecular weight excluding hydrogens is 440 g/mol. The minimum Gasteiger partial charge on any atom is -0.326 e. The van der Waals surface area contributed by atoms with Gasteiger partial charge in [0.2, 0.25) is 11.8 Å². The van der Waals surface area contributed by atoms with E-state index < -0.39 is 0 Å². The summed E-state index contributed by atoms with van der Waals surface area (Å²) in [5, 5.41) is 7.79. The third-order valence-electron chi connectivity index (χ3n) is 5.89. The highest BCUT2D eigenvalue weighted by atomic mass is 32.2. The van der Waals surface area contributed by atoms with Gasteiger partial charge in [0.25, 0.3) is 0 Å². The highest BCUT2D eigenvalue weighted by molar-refractivity contribution is 8.00. The second-order valence-electron chi connectivity index (χ2n) is 8.79. The quantitative estimate of drug-likeness (QED) is 0.376. The molecule has 5 rings (SSSR count). The minimum absolute atomic E-state index is 0.0903. The van der Waals surface area contributed by atoms with Crippen LogP contribution in [0.1, 0.15) is 55.3 Å². The van der Waals surface area contributed by atoms with Gasteiger partial charge in [0.05, 0.1) is 5.75 Å². The van der Waals surface area contributed by atoms with Crippen molar-refractivity contribution in [3.05, 3.63) is 40.5 Å². The number of hydrogen-bond acceptors (Lipinski definition) is 6. The Labute approximate surface area is 195 Å². The van der Waals surface area contributed by atoms with Crippen LogP contribution in [0.5, 0.6) is 0 Å². The van der Waals surface area contributed by atoms with Crippen molar-refractivity contribution >= 4 is 56.5 Å². The van der Waals surface area contributed by atoms with E-state index in [1.54, 1.807) is 12.1 Å². The van der Waals surface area contributed by atoms with Crippen molar-refractivity contribution in [3.63, 3.8) is 0 Å². The number of aromatic nitrogens is 2. The van der Waals surface area contributed by atoms with Crippen LogP contribution in [-0.2, 0) is 22.4 Å². The van der Waals surface area contributed by atoms with E-state index in [2.05, 4.69) is 17.6 Å². The molecule has 166 valence electrons. The molecule has 2 N–H and O–H groups in total. The third kappa shape index (κ3) is 4.66. The van der Waals surface area contributed by atoms with E-state index in [1.807, 2.05) is 23.5 Å². The van der Waals surface area contributed by atoms with Crippen LogP contribution in [0.3, 0.4) is 0 Å². The smallest absolute Gasteiger partial charge is 0.234 e. The number of fused-ring (bicyclic) bond motifs is 3. The number of carbonyl (C=O) groups is 2. The molecular formula is C24H26N4O2S2. The Morgan fingerprint density at radius 1 is 1.16 bits per heavy atom. The first-order valence-corrected chi connectivity index (χ1v) is 12.9. The van der Waals surface area contributed by atoms with Crippen LogP contribution >= 0.6 is 23.1 Å². The van der Waals surface area contributed by atoms with Crippen molar-refractivity contribution in [3.8, 4) is 0 Å². The summed E-state index contributed by atoms with van der Waals surface area (Å²) in [4.78, 5) is 36.3. The van der Waals surface area contributed by atoms with E-state index in [4.69, 9.17) is 9.97 Å². The van der Waals surface area contributed by atoms with E-state index in [9.17, 15) is 9.59 Å². The summed E-state index contributed by atoms with van der Waals surface area (Å²) in [6.45, 7) is 3.78. The van der Waals surface area contributed by atoms with Gasteiger partial charge in [-0.05, 0) is 61.8 Å². The van der Waals surface area contributed by atoms with Crippen LogP contribution in [0.25, 0.3) is 10.2 Å². The maximum atomic E-state index is 12.7. The average molecular weight is 467 g/mol. The van der Waals surface area contributed by atoms with Gasteiger partial charge in [-0.2, -0.15) is 0 Å². The number of thioether (sulfide) groups is 1. The lowest BCUT2D eigenvalue weighted by molar-refractivity contribution is -0.114. The molecule has 2 heterocycles. The first-order valence-electron chi connectivity index (χ1n) is 11.1. The van der Waals surface area contributed by atoms with E-state index in [0.717, 1.165) is 41.4 Å². The molecule has 2 amide bonds.